The number of pyridine rings is 1. The number of hydrogen-bond acceptors (Lipinski definition) is 11. The van der Waals surface area contributed by atoms with Crippen LogP contribution in [0.25, 0.3) is 0 Å². The first-order chi connectivity index (χ1) is 21.4. The molecule has 13 heteroatoms. The molecule has 4 rings (SSSR count). The van der Waals surface area contributed by atoms with Crippen molar-refractivity contribution in [3.05, 3.63) is 12.1 Å². The summed E-state index contributed by atoms with van der Waals surface area (Å²) in [7, 11) is 0. The van der Waals surface area contributed by atoms with Crippen molar-refractivity contribution >= 4 is 41.1 Å². The fraction of sp³-hybridized carbons (Fsp3) is 0.719. The maximum atomic E-state index is 13.2. The number of ether oxygens (including phenoxy) is 3. The molecule has 1 aromatic heterocycles. The van der Waals surface area contributed by atoms with Gasteiger partial charge in [-0.2, -0.15) is 0 Å². The number of Topliss-reactive ketones (excluding diaryl/α,β-unsaturated/α-hetero) is 1. The van der Waals surface area contributed by atoms with E-state index in [2.05, 4.69) is 54.5 Å². The number of carbonyl (C=O) groups excluding carboxylic acids is 4. The van der Waals surface area contributed by atoms with Crippen LogP contribution in [0.2, 0.25) is 0 Å². The van der Waals surface area contributed by atoms with E-state index in [1.807, 2.05) is 0 Å². The van der Waals surface area contributed by atoms with Crippen LogP contribution in [0.4, 0.5) is 22.1 Å². The predicted molar refractivity (Wildman–Crippen MR) is 171 cm³/mol. The van der Waals surface area contributed by atoms with Crippen LogP contribution < -0.4 is 14.7 Å². The molecule has 3 aliphatic heterocycles. The number of hydrogen-bond donors (Lipinski definition) is 0. The lowest BCUT2D eigenvalue weighted by molar-refractivity contribution is -0.185. The van der Waals surface area contributed by atoms with Crippen LogP contribution in [0, 0.1) is 0 Å². The van der Waals surface area contributed by atoms with E-state index in [0.29, 0.717) is 45.6 Å². The van der Waals surface area contributed by atoms with Gasteiger partial charge < -0.3 is 38.7 Å². The van der Waals surface area contributed by atoms with E-state index >= 15 is 0 Å². The molecule has 0 spiro atoms. The summed E-state index contributed by atoms with van der Waals surface area (Å²) in [6.45, 7) is 18.9. The van der Waals surface area contributed by atoms with Crippen molar-refractivity contribution in [3.63, 3.8) is 0 Å². The lowest BCUT2D eigenvalue weighted by Crippen LogP contribution is -2.63. The van der Waals surface area contributed by atoms with Gasteiger partial charge in [-0.15, -0.1) is 0 Å². The highest BCUT2D eigenvalue weighted by Gasteiger charge is 2.53. The van der Waals surface area contributed by atoms with Gasteiger partial charge in [0.05, 0.1) is 17.3 Å². The van der Waals surface area contributed by atoms with Crippen LogP contribution in [0.5, 0.6) is 0 Å². The Bertz CT molecular complexity index is 1220. The van der Waals surface area contributed by atoms with Gasteiger partial charge in [-0.05, 0) is 73.4 Å². The van der Waals surface area contributed by atoms with Crippen LogP contribution in [-0.4, -0.2) is 128 Å². The van der Waals surface area contributed by atoms with Gasteiger partial charge in [0.25, 0.3) is 5.91 Å². The zero-order valence-corrected chi connectivity index (χ0v) is 27.9. The fourth-order valence-electron chi connectivity index (χ4n) is 6.28. The van der Waals surface area contributed by atoms with E-state index in [1.165, 1.54) is 0 Å². The number of ketones is 1. The van der Waals surface area contributed by atoms with Crippen molar-refractivity contribution < 1.29 is 33.4 Å². The third kappa shape index (κ3) is 7.79. The SMILES string of the molecule is CCN(CC)c1ccc(N(CC)CC)c(N2CCN(C(=O)OCC(=O)OC3C(=O)C(OC(C)(C)C)C(=O)N4CCCC34)CC2)n1. The van der Waals surface area contributed by atoms with Crippen LogP contribution >= 0.6 is 0 Å². The van der Waals surface area contributed by atoms with Crippen molar-refractivity contribution in [2.24, 2.45) is 0 Å². The Labute approximate surface area is 266 Å². The summed E-state index contributed by atoms with van der Waals surface area (Å²) in [6, 6.07) is 3.66. The molecule has 4 heterocycles. The van der Waals surface area contributed by atoms with Gasteiger partial charge >= 0.3 is 12.1 Å². The predicted octanol–water partition coefficient (Wildman–Crippen LogP) is 2.70. The molecule has 0 bridgehead atoms. The zero-order valence-electron chi connectivity index (χ0n) is 27.9. The molecule has 0 radical (unpaired) electrons. The topological polar surface area (TPSA) is 125 Å². The molecule has 3 saturated heterocycles. The van der Waals surface area contributed by atoms with Gasteiger partial charge in [0.1, 0.15) is 5.82 Å². The molecule has 2 amide bonds. The van der Waals surface area contributed by atoms with Gasteiger partial charge in [0.2, 0.25) is 5.78 Å². The second-order valence-corrected chi connectivity index (χ2v) is 12.5. The van der Waals surface area contributed by atoms with E-state index < -0.39 is 54.2 Å². The quantitative estimate of drug-likeness (QED) is 0.265. The standard InChI is InChI=1S/C32H50N6O7/c1-8-34(9-2)23-14-15-24(35(10-3)11-4)33-29(23)36-17-19-37(20-18-36)31(42)43-21-25(39)44-27-22-13-12-16-38(22)30(41)28(26(27)40)45-32(5,6)7/h14-15,22,27-28H,8-13,16-21H2,1-7H3. The maximum absolute atomic E-state index is 13.2. The summed E-state index contributed by atoms with van der Waals surface area (Å²) in [5.74, 6) is 0.0116. The number of rotatable bonds is 11. The van der Waals surface area contributed by atoms with Crippen molar-refractivity contribution in [1.29, 1.82) is 0 Å². The highest BCUT2D eigenvalue weighted by molar-refractivity contribution is 6.09. The molecule has 3 fully saturated rings. The molecule has 3 unspecified atom stereocenters. The number of esters is 1. The van der Waals surface area contributed by atoms with Crippen molar-refractivity contribution in [2.75, 3.05) is 80.2 Å². The Balaban J connectivity index is 1.35. The monoisotopic (exact) mass is 630 g/mol. The van der Waals surface area contributed by atoms with E-state index in [1.54, 1.807) is 30.6 Å². The third-order valence-electron chi connectivity index (χ3n) is 8.61. The smallest absolute Gasteiger partial charge is 0.410 e. The number of piperazine rings is 1. The Hall–Kier alpha value is -3.61. The van der Waals surface area contributed by atoms with Crippen LogP contribution in [0.3, 0.4) is 0 Å². The minimum absolute atomic E-state index is 0.394. The molecule has 1 aromatic rings. The van der Waals surface area contributed by atoms with Crippen molar-refractivity contribution in [3.8, 4) is 0 Å². The van der Waals surface area contributed by atoms with Crippen LogP contribution in [0.1, 0.15) is 61.3 Å². The summed E-state index contributed by atoms with van der Waals surface area (Å²) in [4.78, 5) is 66.8. The van der Waals surface area contributed by atoms with Gasteiger partial charge in [0.15, 0.2) is 24.6 Å². The molecule has 0 N–H and O–H groups in total. The number of aromatic nitrogens is 1. The maximum Gasteiger partial charge on any atom is 0.410 e. The molecule has 250 valence electrons. The van der Waals surface area contributed by atoms with Crippen molar-refractivity contribution in [1.82, 2.24) is 14.8 Å². The Morgan fingerprint density at radius 2 is 1.58 bits per heavy atom. The lowest BCUT2D eigenvalue weighted by atomic mass is 9.94. The van der Waals surface area contributed by atoms with Crippen molar-refractivity contribution in [2.45, 2.75) is 85.2 Å². The summed E-state index contributed by atoms with van der Waals surface area (Å²) in [5.41, 5.74) is 0.318. The Morgan fingerprint density at radius 1 is 0.933 bits per heavy atom. The van der Waals surface area contributed by atoms with Gasteiger partial charge in [0, 0.05) is 58.9 Å². The summed E-state index contributed by atoms with van der Waals surface area (Å²) in [5, 5.41) is 0. The average molecular weight is 631 g/mol. The number of fused-ring (bicyclic) bond motifs is 1. The number of amides is 2. The average Bonchev–Trinajstić information content (AvgIpc) is 3.52. The number of anilines is 3. The first-order valence-electron chi connectivity index (χ1n) is 16.3. The minimum Gasteiger partial charge on any atom is -0.449 e. The molecular formula is C32H50N6O7. The fourth-order valence-corrected chi connectivity index (χ4v) is 6.28. The molecule has 0 saturated carbocycles. The lowest BCUT2D eigenvalue weighted by Gasteiger charge is -2.40. The van der Waals surface area contributed by atoms with E-state index in [4.69, 9.17) is 19.2 Å². The van der Waals surface area contributed by atoms with E-state index in [9.17, 15) is 19.2 Å². The first-order valence-corrected chi connectivity index (χ1v) is 16.3. The molecular weight excluding hydrogens is 580 g/mol. The first kappa shape index (κ1) is 34.3. The van der Waals surface area contributed by atoms with Gasteiger partial charge in [-0.25, -0.2) is 14.6 Å². The van der Waals surface area contributed by atoms with Crippen LogP contribution in [0.15, 0.2) is 12.1 Å². The van der Waals surface area contributed by atoms with Crippen LogP contribution in [-0.2, 0) is 28.6 Å². The number of piperidine rings is 1. The highest BCUT2D eigenvalue weighted by atomic mass is 16.6. The molecule has 3 atom stereocenters. The summed E-state index contributed by atoms with van der Waals surface area (Å²) in [6.07, 6.45) is -1.87. The summed E-state index contributed by atoms with van der Waals surface area (Å²) >= 11 is 0. The van der Waals surface area contributed by atoms with E-state index in [0.717, 1.165) is 43.5 Å². The molecule has 45 heavy (non-hydrogen) atoms. The van der Waals surface area contributed by atoms with Gasteiger partial charge in [-0.3, -0.25) is 9.59 Å². The summed E-state index contributed by atoms with van der Waals surface area (Å²) < 4.78 is 16.6. The third-order valence-corrected chi connectivity index (χ3v) is 8.61. The van der Waals surface area contributed by atoms with Gasteiger partial charge in [-0.1, -0.05) is 0 Å². The largest absolute Gasteiger partial charge is 0.449 e. The van der Waals surface area contributed by atoms with E-state index in [-0.39, 0.29) is 0 Å². The highest BCUT2D eigenvalue weighted by Crippen LogP contribution is 2.33. The molecule has 0 aromatic carbocycles. The Kier molecular flexibility index (Phi) is 11.2. The zero-order chi connectivity index (χ0) is 32.9. The molecule has 0 aliphatic carbocycles. The number of carbonyl (C=O) groups is 4. The molecule has 13 nitrogen and oxygen atoms in total. The second kappa shape index (κ2) is 14.7. The normalized spacial score (nSPS) is 21.9. The second-order valence-electron chi connectivity index (χ2n) is 12.5. The number of nitrogens with zero attached hydrogens (tertiary/aromatic N) is 6. The Morgan fingerprint density at radius 3 is 2.18 bits per heavy atom. The minimum atomic E-state index is -1.33. The molecule has 3 aliphatic rings.